The highest BCUT2D eigenvalue weighted by atomic mass is 19.4. The fraction of sp³-hybridized carbons (Fsp3) is 0.679. The Bertz CT molecular complexity index is 1600. The van der Waals surface area contributed by atoms with Gasteiger partial charge in [-0.25, -0.2) is 36.7 Å². The van der Waals surface area contributed by atoms with Crippen molar-refractivity contribution in [2.75, 3.05) is 19.8 Å². The van der Waals surface area contributed by atoms with Gasteiger partial charge in [-0.05, 0) is 48.3 Å². The zero-order chi connectivity index (χ0) is 33.5. The summed E-state index contributed by atoms with van der Waals surface area (Å²) < 4.78 is 107. The number of ether oxygens (including phenoxy) is 1. The van der Waals surface area contributed by atoms with Crippen LogP contribution in [0, 0.1) is 17.8 Å². The van der Waals surface area contributed by atoms with E-state index in [0.717, 1.165) is 0 Å². The molecule has 12 nitrogen and oxygen atoms in total. The van der Waals surface area contributed by atoms with Crippen LogP contribution in [0.3, 0.4) is 0 Å². The minimum Gasteiger partial charge on any atom is -0.381 e. The second-order valence-corrected chi connectivity index (χ2v) is 12.3. The van der Waals surface area contributed by atoms with Crippen LogP contribution in [0.1, 0.15) is 96.6 Å². The molecular formula is C28H31F7N8O4. The van der Waals surface area contributed by atoms with Crippen LogP contribution in [0.4, 0.5) is 30.7 Å². The van der Waals surface area contributed by atoms with Crippen molar-refractivity contribution < 1.29 is 49.7 Å². The third kappa shape index (κ3) is 7.18. The number of aromatic nitrogens is 6. The Morgan fingerprint density at radius 2 is 1.83 bits per heavy atom. The van der Waals surface area contributed by atoms with Crippen molar-refractivity contribution in [1.29, 1.82) is 0 Å². The van der Waals surface area contributed by atoms with E-state index >= 15 is 0 Å². The maximum absolute atomic E-state index is 14.1. The van der Waals surface area contributed by atoms with Crippen LogP contribution in [0.5, 0.6) is 0 Å². The highest BCUT2D eigenvalue weighted by molar-refractivity contribution is 5.93. The molecule has 6 rings (SSSR count). The fourth-order valence-electron chi connectivity index (χ4n) is 6.57. The first-order chi connectivity index (χ1) is 22.3. The van der Waals surface area contributed by atoms with Gasteiger partial charge in [-0.1, -0.05) is 0 Å². The molecule has 0 spiro atoms. The molecule has 0 aromatic carbocycles. The second-order valence-electron chi connectivity index (χ2n) is 12.3. The van der Waals surface area contributed by atoms with E-state index in [0.29, 0.717) is 37.4 Å². The number of fused-ring (bicyclic) bond motifs is 1. The summed E-state index contributed by atoms with van der Waals surface area (Å²) in [5, 5.41) is 15.9. The molecule has 0 unspecified atom stereocenters. The largest absolute Gasteiger partial charge is 0.393 e. The van der Waals surface area contributed by atoms with E-state index in [-0.39, 0.29) is 36.7 Å². The Balaban J connectivity index is 1.36. The quantitative estimate of drug-likeness (QED) is 0.329. The van der Waals surface area contributed by atoms with Gasteiger partial charge in [0, 0.05) is 50.9 Å². The summed E-state index contributed by atoms with van der Waals surface area (Å²) in [5.41, 5.74) is -0.859. The molecule has 19 heteroatoms. The molecule has 2 N–H and O–H groups in total. The number of nitrogens with one attached hydrogen (secondary N) is 2. The Hall–Kier alpha value is -3.90. The van der Waals surface area contributed by atoms with Crippen LogP contribution < -0.4 is 10.6 Å². The van der Waals surface area contributed by atoms with Gasteiger partial charge in [0.25, 0.3) is 18.1 Å². The summed E-state index contributed by atoms with van der Waals surface area (Å²) >= 11 is 0. The van der Waals surface area contributed by atoms with Crippen molar-refractivity contribution in [1.82, 2.24) is 40.5 Å². The molecule has 256 valence electrons. The van der Waals surface area contributed by atoms with Gasteiger partial charge in [0.1, 0.15) is 0 Å². The maximum atomic E-state index is 14.1. The smallest absolute Gasteiger partial charge is 0.381 e. The van der Waals surface area contributed by atoms with Crippen molar-refractivity contribution in [3.8, 4) is 0 Å². The number of hydrogen-bond acceptors (Lipinski definition) is 9. The first kappa shape index (κ1) is 33.0. The third-order valence-corrected chi connectivity index (χ3v) is 9.18. The summed E-state index contributed by atoms with van der Waals surface area (Å²) in [4.78, 5) is 35.0. The van der Waals surface area contributed by atoms with Gasteiger partial charge in [0.05, 0.1) is 35.2 Å². The van der Waals surface area contributed by atoms with E-state index in [2.05, 4.69) is 35.7 Å². The number of amides is 2. The van der Waals surface area contributed by atoms with Crippen molar-refractivity contribution in [2.24, 2.45) is 17.8 Å². The number of piperidine rings is 1. The molecule has 0 radical (unpaired) electrons. The second kappa shape index (κ2) is 13.0. The Kier molecular flexibility index (Phi) is 9.10. The lowest BCUT2D eigenvalue weighted by Crippen LogP contribution is -2.47. The summed E-state index contributed by atoms with van der Waals surface area (Å²) in [6.07, 6.45) is -6.73. The maximum Gasteiger partial charge on any atom is 0.393 e. The molecule has 0 bridgehead atoms. The standard InChI is InChI=1S/C28H31F7N8O4/c29-23(30)21-22(42-47-41-21)25(45)38-20(13-1-5-27(31,32)6-2-13)18-12-43-26(37-18)39-19(14-3-7-46-8-4-14)17(40-43)10-15-9-16(28(33,34)35)11-36-24(15)44/h12-16,20,23H,1-11H2,(H,36,44)(H,38,45)/t15-,16-,20+/m1/s1. The van der Waals surface area contributed by atoms with Crippen molar-refractivity contribution >= 4 is 17.6 Å². The lowest BCUT2D eigenvalue weighted by molar-refractivity contribution is -0.183. The third-order valence-electron chi connectivity index (χ3n) is 9.18. The van der Waals surface area contributed by atoms with Crippen molar-refractivity contribution in [3.63, 3.8) is 0 Å². The predicted molar refractivity (Wildman–Crippen MR) is 144 cm³/mol. The molecule has 3 atom stereocenters. The first-order valence-electron chi connectivity index (χ1n) is 15.3. The minimum atomic E-state index is -4.50. The molecule has 3 aliphatic rings. The molecule has 2 aliphatic heterocycles. The Labute approximate surface area is 262 Å². The first-order valence-corrected chi connectivity index (χ1v) is 15.3. The van der Waals surface area contributed by atoms with Crippen molar-refractivity contribution in [3.05, 3.63) is 34.7 Å². The fourth-order valence-corrected chi connectivity index (χ4v) is 6.57. The highest BCUT2D eigenvalue weighted by Crippen LogP contribution is 2.42. The summed E-state index contributed by atoms with van der Waals surface area (Å²) in [6, 6.07) is -1.06. The molecule has 47 heavy (non-hydrogen) atoms. The zero-order valence-corrected chi connectivity index (χ0v) is 24.8. The average Bonchev–Trinajstić information content (AvgIpc) is 3.68. The number of halogens is 7. The molecule has 1 aliphatic carbocycles. The predicted octanol–water partition coefficient (Wildman–Crippen LogP) is 4.49. The van der Waals surface area contributed by atoms with Gasteiger partial charge in [-0.15, -0.1) is 0 Å². The van der Waals surface area contributed by atoms with Crippen molar-refractivity contribution in [2.45, 2.75) is 81.9 Å². The normalized spacial score (nSPS) is 23.6. The van der Waals surface area contributed by atoms with Crippen LogP contribution in [0.15, 0.2) is 10.8 Å². The number of hydrogen-bond donors (Lipinski definition) is 2. The van der Waals surface area contributed by atoms with Gasteiger partial charge in [0.15, 0.2) is 5.69 Å². The van der Waals surface area contributed by atoms with E-state index < -0.39 is 91.3 Å². The van der Waals surface area contributed by atoms with Gasteiger partial charge >= 0.3 is 6.18 Å². The minimum absolute atomic E-state index is 0.0266. The van der Waals surface area contributed by atoms with Crippen LogP contribution in [-0.2, 0) is 16.0 Å². The van der Waals surface area contributed by atoms with Crippen LogP contribution in [0.2, 0.25) is 0 Å². The number of rotatable bonds is 8. The molecule has 3 aromatic rings. The molecule has 2 amide bonds. The number of carbonyl (C=O) groups excluding carboxylic acids is 2. The molecule has 2 saturated heterocycles. The Morgan fingerprint density at radius 1 is 1.11 bits per heavy atom. The molecule has 3 fully saturated rings. The number of carbonyl (C=O) groups is 2. The Morgan fingerprint density at radius 3 is 2.51 bits per heavy atom. The SMILES string of the molecule is O=C(N[C@H](c1cn2nc(C[C@H]3C[C@@H](C(F)(F)F)CNC3=O)c(C3CCOCC3)nc2n1)C1CCC(F)(F)CC1)c1nonc1C(F)F. The van der Waals surface area contributed by atoms with Crippen LogP contribution >= 0.6 is 0 Å². The van der Waals surface area contributed by atoms with E-state index in [4.69, 9.17) is 9.72 Å². The molecule has 3 aromatic heterocycles. The zero-order valence-electron chi connectivity index (χ0n) is 24.8. The molecular weight excluding hydrogens is 645 g/mol. The number of alkyl halides is 7. The average molecular weight is 677 g/mol. The number of nitrogens with zero attached hydrogens (tertiary/aromatic N) is 6. The molecule has 1 saturated carbocycles. The topological polar surface area (TPSA) is 149 Å². The van der Waals surface area contributed by atoms with Gasteiger partial charge < -0.3 is 15.4 Å². The summed E-state index contributed by atoms with van der Waals surface area (Å²) in [7, 11) is 0. The summed E-state index contributed by atoms with van der Waals surface area (Å²) in [5.74, 6) is -7.97. The van der Waals surface area contributed by atoms with E-state index in [1.165, 1.54) is 10.7 Å². The number of imidazole rings is 1. The lowest BCUT2D eigenvalue weighted by atomic mass is 9.81. The molecule has 5 heterocycles. The van der Waals surface area contributed by atoms with Gasteiger partial charge in [0.2, 0.25) is 17.5 Å². The van der Waals surface area contributed by atoms with Crippen LogP contribution in [0.25, 0.3) is 5.78 Å². The van der Waals surface area contributed by atoms with E-state index in [1.54, 1.807) is 0 Å². The highest BCUT2D eigenvalue weighted by Gasteiger charge is 2.45. The van der Waals surface area contributed by atoms with Crippen LogP contribution in [-0.4, -0.2) is 73.6 Å². The van der Waals surface area contributed by atoms with E-state index in [9.17, 15) is 40.3 Å². The van der Waals surface area contributed by atoms with Gasteiger partial charge in [-0.3, -0.25) is 9.59 Å². The lowest BCUT2D eigenvalue weighted by Gasteiger charge is -2.33. The monoisotopic (exact) mass is 676 g/mol. The van der Waals surface area contributed by atoms with Gasteiger partial charge in [-0.2, -0.15) is 18.3 Å². The van der Waals surface area contributed by atoms with E-state index in [1.807, 2.05) is 0 Å². The summed E-state index contributed by atoms with van der Waals surface area (Å²) in [6.45, 7) is 0.313.